The molecule has 7 heteroatoms. The van der Waals surface area contributed by atoms with E-state index in [1.807, 2.05) is 24.7 Å². The predicted octanol–water partition coefficient (Wildman–Crippen LogP) is 2.02. The standard InChI is InChI=1S/C15H23N5O2/c1-4-20-9-13(8-17-20)14-12(5-6-21-14)7-16-10(2)15-18-11(3)19-22-15/h8-10,12,14,16H,4-7H2,1-3H3/t10-,12+,14+/m0/s1. The fourth-order valence-corrected chi connectivity index (χ4v) is 2.82. The molecule has 120 valence electrons. The highest BCUT2D eigenvalue weighted by Gasteiger charge is 2.31. The van der Waals surface area contributed by atoms with Crippen LogP contribution in [0.25, 0.3) is 0 Å². The lowest BCUT2D eigenvalue weighted by atomic mass is 9.97. The van der Waals surface area contributed by atoms with E-state index in [1.165, 1.54) is 0 Å². The van der Waals surface area contributed by atoms with Gasteiger partial charge in [-0.25, -0.2) is 0 Å². The molecule has 1 aliphatic rings. The van der Waals surface area contributed by atoms with E-state index in [1.54, 1.807) is 0 Å². The smallest absolute Gasteiger partial charge is 0.243 e. The van der Waals surface area contributed by atoms with Gasteiger partial charge in [-0.1, -0.05) is 5.16 Å². The summed E-state index contributed by atoms with van der Waals surface area (Å²) >= 11 is 0. The molecule has 1 N–H and O–H groups in total. The molecule has 1 saturated heterocycles. The Hall–Kier alpha value is -1.73. The van der Waals surface area contributed by atoms with E-state index in [2.05, 4.69) is 33.7 Å². The lowest BCUT2D eigenvalue weighted by Gasteiger charge is -2.19. The topological polar surface area (TPSA) is 78.0 Å². The third kappa shape index (κ3) is 3.20. The van der Waals surface area contributed by atoms with E-state index < -0.39 is 0 Å². The van der Waals surface area contributed by atoms with Gasteiger partial charge in [0.05, 0.1) is 18.3 Å². The fourth-order valence-electron chi connectivity index (χ4n) is 2.82. The summed E-state index contributed by atoms with van der Waals surface area (Å²) in [5.74, 6) is 1.73. The van der Waals surface area contributed by atoms with Gasteiger partial charge in [0.1, 0.15) is 0 Å². The van der Waals surface area contributed by atoms with E-state index in [-0.39, 0.29) is 12.1 Å². The van der Waals surface area contributed by atoms with Crippen molar-refractivity contribution in [1.29, 1.82) is 0 Å². The molecule has 0 saturated carbocycles. The number of nitrogens with one attached hydrogen (secondary N) is 1. The molecular formula is C15H23N5O2. The first-order valence-corrected chi connectivity index (χ1v) is 7.85. The van der Waals surface area contributed by atoms with Gasteiger partial charge < -0.3 is 14.6 Å². The minimum Gasteiger partial charge on any atom is -0.373 e. The average molecular weight is 305 g/mol. The first-order valence-electron chi connectivity index (χ1n) is 7.85. The minimum absolute atomic E-state index is 0.0424. The van der Waals surface area contributed by atoms with Gasteiger partial charge in [0.25, 0.3) is 0 Å². The molecule has 0 bridgehead atoms. The highest BCUT2D eigenvalue weighted by Crippen LogP contribution is 2.34. The second kappa shape index (κ2) is 6.58. The number of nitrogens with zero attached hydrogens (tertiary/aromatic N) is 4. The highest BCUT2D eigenvalue weighted by molar-refractivity contribution is 5.11. The Morgan fingerprint density at radius 2 is 2.36 bits per heavy atom. The normalized spacial score (nSPS) is 23.0. The largest absolute Gasteiger partial charge is 0.373 e. The molecule has 2 aromatic heterocycles. The molecule has 0 unspecified atom stereocenters. The summed E-state index contributed by atoms with van der Waals surface area (Å²) in [5, 5.41) is 11.6. The van der Waals surface area contributed by atoms with Crippen LogP contribution >= 0.6 is 0 Å². The van der Waals surface area contributed by atoms with Gasteiger partial charge in [-0.3, -0.25) is 4.68 Å². The third-order valence-electron chi connectivity index (χ3n) is 4.12. The van der Waals surface area contributed by atoms with E-state index in [0.717, 1.165) is 31.7 Å². The van der Waals surface area contributed by atoms with E-state index >= 15 is 0 Å². The highest BCUT2D eigenvalue weighted by atomic mass is 16.5. The van der Waals surface area contributed by atoms with E-state index in [4.69, 9.17) is 9.26 Å². The summed E-state index contributed by atoms with van der Waals surface area (Å²) in [4.78, 5) is 4.26. The van der Waals surface area contributed by atoms with Crippen LogP contribution in [-0.4, -0.2) is 33.1 Å². The number of hydrogen-bond donors (Lipinski definition) is 1. The maximum Gasteiger partial charge on any atom is 0.243 e. The molecular weight excluding hydrogens is 282 g/mol. The van der Waals surface area contributed by atoms with Crippen LogP contribution in [-0.2, 0) is 11.3 Å². The molecule has 7 nitrogen and oxygen atoms in total. The van der Waals surface area contributed by atoms with Crippen LogP contribution in [0.15, 0.2) is 16.9 Å². The van der Waals surface area contributed by atoms with Crippen molar-refractivity contribution in [2.75, 3.05) is 13.2 Å². The van der Waals surface area contributed by atoms with Crippen LogP contribution in [0, 0.1) is 12.8 Å². The van der Waals surface area contributed by atoms with Crippen LogP contribution in [0.3, 0.4) is 0 Å². The van der Waals surface area contributed by atoms with Crippen molar-refractivity contribution in [3.63, 3.8) is 0 Å². The first kappa shape index (κ1) is 15.2. The van der Waals surface area contributed by atoms with Crippen LogP contribution in [0.1, 0.15) is 49.7 Å². The zero-order chi connectivity index (χ0) is 15.5. The van der Waals surface area contributed by atoms with Gasteiger partial charge in [-0.15, -0.1) is 0 Å². The van der Waals surface area contributed by atoms with E-state index in [9.17, 15) is 0 Å². The maximum absolute atomic E-state index is 5.91. The summed E-state index contributed by atoms with van der Waals surface area (Å²) in [6.07, 6.45) is 5.15. The van der Waals surface area contributed by atoms with Gasteiger partial charge in [-0.05, 0) is 27.2 Å². The SMILES string of the molecule is CCn1cc([C@@H]2OCC[C@@H]2CN[C@@H](C)c2nc(C)no2)cn1. The molecule has 3 atom stereocenters. The maximum atomic E-state index is 5.91. The lowest BCUT2D eigenvalue weighted by molar-refractivity contribution is 0.0895. The number of aromatic nitrogens is 4. The second-order valence-electron chi connectivity index (χ2n) is 5.78. The molecule has 3 rings (SSSR count). The Morgan fingerprint density at radius 1 is 1.50 bits per heavy atom. The Kier molecular flexibility index (Phi) is 4.54. The van der Waals surface area contributed by atoms with E-state index in [0.29, 0.717) is 17.6 Å². The molecule has 2 aromatic rings. The molecule has 0 aliphatic carbocycles. The summed E-state index contributed by atoms with van der Waals surface area (Å²) in [6, 6.07) is 0.0424. The lowest BCUT2D eigenvalue weighted by Crippen LogP contribution is -2.27. The van der Waals surface area contributed by atoms with Crippen molar-refractivity contribution < 1.29 is 9.26 Å². The Balaban J connectivity index is 1.59. The molecule has 3 heterocycles. The molecule has 0 amide bonds. The summed E-state index contributed by atoms with van der Waals surface area (Å²) < 4.78 is 13.0. The van der Waals surface area contributed by atoms with Crippen LogP contribution < -0.4 is 5.32 Å². The van der Waals surface area contributed by atoms with Crippen molar-refractivity contribution >= 4 is 0 Å². The summed E-state index contributed by atoms with van der Waals surface area (Å²) in [7, 11) is 0. The molecule has 0 aromatic carbocycles. The molecule has 1 aliphatic heterocycles. The monoisotopic (exact) mass is 305 g/mol. The Labute approximate surface area is 130 Å². The van der Waals surface area contributed by atoms with Crippen LogP contribution in [0.4, 0.5) is 0 Å². The Bertz CT molecular complexity index is 609. The first-order chi connectivity index (χ1) is 10.7. The Morgan fingerprint density at radius 3 is 3.05 bits per heavy atom. The van der Waals surface area contributed by atoms with Gasteiger partial charge in [0, 0.05) is 37.4 Å². The minimum atomic E-state index is 0.0424. The van der Waals surface area contributed by atoms with Gasteiger partial charge in [0.2, 0.25) is 5.89 Å². The zero-order valence-electron chi connectivity index (χ0n) is 13.3. The zero-order valence-corrected chi connectivity index (χ0v) is 13.3. The fraction of sp³-hybridized carbons (Fsp3) is 0.667. The second-order valence-corrected chi connectivity index (χ2v) is 5.78. The van der Waals surface area contributed by atoms with Gasteiger partial charge in [0.15, 0.2) is 5.82 Å². The number of rotatable bonds is 6. The average Bonchev–Trinajstić information content (AvgIpc) is 3.24. The summed E-state index contributed by atoms with van der Waals surface area (Å²) in [6.45, 7) is 8.47. The van der Waals surface area contributed by atoms with Crippen molar-refractivity contribution in [2.24, 2.45) is 5.92 Å². The number of ether oxygens (including phenoxy) is 1. The number of hydrogen-bond acceptors (Lipinski definition) is 6. The van der Waals surface area contributed by atoms with Gasteiger partial charge >= 0.3 is 0 Å². The molecule has 0 radical (unpaired) electrons. The summed E-state index contributed by atoms with van der Waals surface area (Å²) in [5.41, 5.74) is 1.16. The van der Waals surface area contributed by atoms with Crippen molar-refractivity contribution in [3.8, 4) is 0 Å². The quantitative estimate of drug-likeness (QED) is 0.879. The molecule has 22 heavy (non-hydrogen) atoms. The van der Waals surface area contributed by atoms with Crippen molar-refractivity contribution in [2.45, 2.75) is 45.9 Å². The van der Waals surface area contributed by atoms with Crippen molar-refractivity contribution in [1.82, 2.24) is 25.2 Å². The predicted molar refractivity (Wildman–Crippen MR) is 80.2 cm³/mol. The third-order valence-corrected chi connectivity index (χ3v) is 4.12. The van der Waals surface area contributed by atoms with Gasteiger partial charge in [-0.2, -0.15) is 10.1 Å². The van der Waals surface area contributed by atoms with Crippen LogP contribution in [0.5, 0.6) is 0 Å². The molecule has 1 fully saturated rings. The molecule has 0 spiro atoms. The van der Waals surface area contributed by atoms with Crippen molar-refractivity contribution in [3.05, 3.63) is 29.7 Å². The van der Waals surface area contributed by atoms with Crippen LogP contribution in [0.2, 0.25) is 0 Å². The number of aryl methyl sites for hydroxylation is 2.